The van der Waals surface area contributed by atoms with Crippen molar-refractivity contribution in [3.05, 3.63) is 11.6 Å². The van der Waals surface area contributed by atoms with E-state index in [2.05, 4.69) is 40.7 Å². The smallest absolute Gasteiger partial charge is 0.305 e. The van der Waals surface area contributed by atoms with Gasteiger partial charge in [-0.05, 0) is 49.9 Å². The Morgan fingerprint density at radius 1 is 1.16 bits per heavy atom. The molecular weight excluding hydrogens is 396 g/mol. The van der Waals surface area contributed by atoms with Crippen molar-refractivity contribution in [3.8, 4) is 0 Å². The lowest BCUT2D eigenvalue weighted by Crippen LogP contribution is -2.64. The summed E-state index contributed by atoms with van der Waals surface area (Å²) >= 11 is 0. The van der Waals surface area contributed by atoms with Crippen LogP contribution in [0.15, 0.2) is 11.6 Å². The van der Waals surface area contributed by atoms with Crippen molar-refractivity contribution in [3.63, 3.8) is 0 Å². The van der Waals surface area contributed by atoms with E-state index in [9.17, 15) is 14.4 Å². The minimum absolute atomic E-state index is 0.00458. The largest absolute Gasteiger partial charge is 0.469 e. The lowest BCUT2D eigenvalue weighted by Gasteiger charge is -2.62. The molecule has 7 atom stereocenters. The molecule has 31 heavy (non-hydrogen) atoms. The van der Waals surface area contributed by atoms with Crippen LogP contribution in [0.1, 0.15) is 80.6 Å². The first-order valence-corrected chi connectivity index (χ1v) is 11.5. The van der Waals surface area contributed by atoms with E-state index >= 15 is 0 Å². The fraction of sp³-hybridized carbons (Fsp3) is 0.800. The topological polar surface area (TPSA) is 78.9 Å². The molecule has 6 nitrogen and oxygen atoms in total. The molecule has 0 bridgehead atoms. The third kappa shape index (κ3) is 4.98. The lowest BCUT2D eigenvalue weighted by atomic mass is 9.45. The van der Waals surface area contributed by atoms with Gasteiger partial charge in [-0.25, -0.2) is 0 Å². The first-order chi connectivity index (χ1) is 14.4. The number of hydrogen-bond donors (Lipinski definition) is 0. The fourth-order valence-corrected chi connectivity index (χ4v) is 6.15. The molecule has 176 valence electrons. The number of fused-ring (bicyclic) bond motifs is 1. The molecular formula is C25H40O6. The van der Waals surface area contributed by atoms with Crippen LogP contribution in [0, 0.1) is 28.6 Å². The number of allylic oxidation sites excluding steroid dienone is 1. The first-order valence-electron chi connectivity index (χ1n) is 11.5. The minimum atomic E-state index is -0.523. The lowest BCUT2D eigenvalue weighted by molar-refractivity contribution is -0.222. The summed E-state index contributed by atoms with van der Waals surface area (Å²) < 4.78 is 16.6. The fourth-order valence-electron chi connectivity index (χ4n) is 6.15. The summed E-state index contributed by atoms with van der Waals surface area (Å²) in [5, 5.41) is 0. The van der Waals surface area contributed by atoms with Crippen LogP contribution < -0.4 is 0 Å². The van der Waals surface area contributed by atoms with Crippen LogP contribution >= 0.6 is 0 Å². The maximum absolute atomic E-state index is 12.1. The summed E-state index contributed by atoms with van der Waals surface area (Å²) in [4.78, 5) is 35.8. The summed E-state index contributed by atoms with van der Waals surface area (Å²) in [6, 6.07) is 0. The molecule has 2 aliphatic carbocycles. The SMILES string of the molecule is COC(=O)CC(C)CCC1(C)C(C)C(OC(C)=O)C(OC(C)=O)C2(C)C(C)=CCCC12. The summed E-state index contributed by atoms with van der Waals surface area (Å²) in [5.41, 5.74) is 0.621. The zero-order chi connectivity index (χ0) is 23.6. The van der Waals surface area contributed by atoms with Crippen LogP contribution in [0.4, 0.5) is 0 Å². The van der Waals surface area contributed by atoms with Crippen LogP contribution in [-0.4, -0.2) is 37.2 Å². The van der Waals surface area contributed by atoms with Crippen LogP contribution in [0.3, 0.4) is 0 Å². The summed E-state index contributed by atoms with van der Waals surface area (Å²) in [7, 11) is 1.42. The Balaban J connectivity index is 2.46. The van der Waals surface area contributed by atoms with Gasteiger partial charge in [-0.3, -0.25) is 14.4 Å². The Morgan fingerprint density at radius 2 is 1.77 bits per heavy atom. The van der Waals surface area contributed by atoms with Gasteiger partial charge in [0.2, 0.25) is 0 Å². The minimum Gasteiger partial charge on any atom is -0.469 e. The van der Waals surface area contributed by atoms with Gasteiger partial charge in [0.1, 0.15) is 12.2 Å². The summed E-state index contributed by atoms with van der Waals surface area (Å²) in [5.74, 6) is -0.459. The van der Waals surface area contributed by atoms with Crippen molar-refractivity contribution in [2.75, 3.05) is 7.11 Å². The zero-order valence-electron chi connectivity index (χ0n) is 20.4. The van der Waals surface area contributed by atoms with E-state index in [1.54, 1.807) is 0 Å². The number of hydrogen-bond acceptors (Lipinski definition) is 6. The van der Waals surface area contributed by atoms with E-state index in [4.69, 9.17) is 14.2 Å². The molecule has 0 N–H and O–H groups in total. The average molecular weight is 437 g/mol. The second-order valence-electron chi connectivity index (χ2n) is 10.1. The molecule has 0 aromatic heterocycles. The van der Waals surface area contributed by atoms with Crippen molar-refractivity contribution in [2.45, 2.75) is 92.8 Å². The first kappa shape index (κ1) is 25.4. The van der Waals surface area contributed by atoms with Crippen molar-refractivity contribution in [1.29, 1.82) is 0 Å². The van der Waals surface area contributed by atoms with Gasteiger partial charge in [-0.2, -0.15) is 0 Å². The number of methoxy groups -OCH3 is 1. The normalized spacial score (nSPS) is 35.9. The molecule has 7 unspecified atom stereocenters. The molecule has 0 spiro atoms. The van der Waals surface area contributed by atoms with Crippen molar-refractivity contribution < 1.29 is 28.6 Å². The Hall–Kier alpha value is -1.85. The van der Waals surface area contributed by atoms with Gasteiger partial charge >= 0.3 is 17.9 Å². The highest BCUT2D eigenvalue weighted by atomic mass is 16.6. The Morgan fingerprint density at radius 3 is 2.32 bits per heavy atom. The molecule has 1 fully saturated rings. The highest BCUT2D eigenvalue weighted by Gasteiger charge is 2.63. The molecule has 2 aliphatic rings. The van der Waals surface area contributed by atoms with Gasteiger partial charge in [0.25, 0.3) is 0 Å². The van der Waals surface area contributed by atoms with Gasteiger partial charge in [0.15, 0.2) is 0 Å². The van der Waals surface area contributed by atoms with Crippen LogP contribution in [0.2, 0.25) is 0 Å². The highest BCUT2D eigenvalue weighted by Crippen LogP contribution is 2.63. The van der Waals surface area contributed by atoms with Crippen LogP contribution in [-0.2, 0) is 28.6 Å². The molecule has 6 heteroatoms. The molecule has 1 saturated carbocycles. The maximum atomic E-state index is 12.1. The second-order valence-corrected chi connectivity index (χ2v) is 10.1. The Labute approximate surface area is 187 Å². The second kappa shape index (κ2) is 9.74. The van der Waals surface area contributed by atoms with E-state index in [0.29, 0.717) is 6.42 Å². The van der Waals surface area contributed by atoms with Crippen molar-refractivity contribution in [1.82, 2.24) is 0 Å². The molecule has 0 radical (unpaired) electrons. The predicted molar refractivity (Wildman–Crippen MR) is 118 cm³/mol. The van der Waals surface area contributed by atoms with Crippen LogP contribution in [0.5, 0.6) is 0 Å². The standard InChI is InChI=1S/C25H40O6/c1-15(14-21(28)29-8)12-13-24(6)17(3)22(30-18(4)26)23(31-19(5)27)25(7)16(2)10-9-11-20(24)25/h10,15,17,20,22-23H,9,11-14H2,1-8H3. The number of ether oxygens (including phenoxy) is 3. The third-order valence-electron chi connectivity index (χ3n) is 8.21. The van der Waals surface area contributed by atoms with E-state index in [0.717, 1.165) is 25.7 Å². The van der Waals surface area contributed by atoms with Crippen molar-refractivity contribution >= 4 is 17.9 Å². The van der Waals surface area contributed by atoms with Gasteiger partial charge in [-0.1, -0.05) is 39.3 Å². The Bertz CT molecular complexity index is 728. The highest BCUT2D eigenvalue weighted by molar-refractivity contribution is 5.69. The number of esters is 3. The van der Waals surface area contributed by atoms with Gasteiger partial charge in [-0.15, -0.1) is 0 Å². The van der Waals surface area contributed by atoms with Crippen LogP contribution in [0.25, 0.3) is 0 Å². The number of carbonyl (C=O) groups excluding carboxylic acids is 3. The summed E-state index contributed by atoms with van der Waals surface area (Å²) in [6.45, 7) is 13.6. The molecule has 0 amide bonds. The maximum Gasteiger partial charge on any atom is 0.305 e. The zero-order valence-corrected chi connectivity index (χ0v) is 20.4. The third-order valence-corrected chi connectivity index (χ3v) is 8.21. The Kier molecular flexibility index (Phi) is 7.99. The quantitative estimate of drug-likeness (QED) is 0.323. The molecule has 2 rings (SSSR count). The van der Waals surface area contributed by atoms with E-state index in [1.165, 1.54) is 26.5 Å². The molecule has 0 aromatic carbocycles. The molecule has 0 aromatic rings. The monoisotopic (exact) mass is 436 g/mol. The van der Waals surface area contributed by atoms with Gasteiger partial charge in [0.05, 0.1) is 7.11 Å². The average Bonchev–Trinajstić information content (AvgIpc) is 2.68. The number of rotatable bonds is 7. The number of carbonyl (C=O) groups is 3. The molecule has 0 aliphatic heterocycles. The van der Waals surface area contributed by atoms with Crippen molar-refractivity contribution in [2.24, 2.45) is 28.6 Å². The molecule has 0 heterocycles. The van der Waals surface area contributed by atoms with E-state index < -0.39 is 17.6 Å². The van der Waals surface area contributed by atoms with E-state index in [1.807, 2.05) is 0 Å². The molecule has 0 saturated heterocycles. The van der Waals surface area contributed by atoms with Gasteiger partial charge < -0.3 is 14.2 Å². The van der Waals surface area contributed by atoms with Gasteiger partial charge in [0, 0.05) is 31.6 Å². The summed E-state index contributed by atoms with van der Waals surface area (Å²) in [6.07, 6.45) is 5.32. The predicted octanol–water partition coefficient (Wildman–Crippen LogP) is 4.85. The van der Waals surface area contributed by atoms with E-state index in [-0.39, 0.29) is 41.1 Å².